The summed E-state index contributed by atoms with van der Waals surface area (Å²) in [6.07, 6.45) is 1.77. The molecule has 0 bridgehead atoms. The van der Waals surface area contributed by atoms with Crippen LogP contribution in [-0.2, 0) is 10.0 Å². The van der Waals surface area contributed by atoms with Gasteiger partial charge < -0.3 is 10.1 Å². The number of nitrogens with zero attached hydrogens (tertiary/aromatic N) is 1. The molecule has 1 heterocycles. The summed E-state index contributed by atoms with van der Waals surface area (Å²) in [4.78, 5) is 12.6. The first-order valence-electron chi connectivity index (χ1n) is 9.52. The number of hydrogen-bond acceptors (Lipinski definition) is 5. The number of anilines is 1. The van der Waals surface area contributed by atoms with Gasteiger partial charge in [-0.2, -0.15) is 4.31 Å². The molecule has 1 saturated heterocycles. The third kappa shape index (κ3) is 5.10. The number of ether oxygens (including phenoxy) is 1. The van der Waals surface area contributed by atoms with Crippen LogP contribution in [0.4, 0.5) is 5.69 Å². The van der Waals surface area contributed by atoms with Crippen LogP contribution in [0.2, 0.25) is 5.02 Å². The monoisotopic (exact) mass is 436 g/mol. The fourth-order valence-electron chi connectivity index (χ4n) is 3.24. The van der Waals surface area contributed by atoms with Gasteiger partial charge in [0.05, 0.1) is 23.6 Å². The fraction of sp³-hybridized carbons (Fsp3) is 0.381. The number of nitrogens with one attached hydrogen (secondary N) is 1. The maximum atomic E-state index is 12.8. The van der Waals surface area contributed by atoms with E-state index in [1.54, 1.807) is 46.8 Å². The van der Waals surface area contributed by atoms with Crippen LogP contribution in [0.25, 0.3) is 0 Å². The fourth-order valence-corrected chi connectivity index (χ4v) is 4.97. The van der Waals surface area contributed by atoms with Crippen LogP contribution in [0.1, 0.15) is 30.1 Å². The average Bonchev–Trinajstić information content (AvgIpc) is 2.72. The SMILES string of the molecule is COc1ccc(C(=O)CNc2ccc(S(=O)(=O)N3CCC(C)CC3)cc2)cc1Cl. The molecule has 0 radical (unpaired) electrons. The van der Waals surface area contributed by atoms with E-state index < -0.39 is 10.0 Å². The van der Waals surface area contributed by atoms with Crippen molar-refractivity contribution < 1.29 is 17.9 Å². The molecule has 0 unspecified atom stereocenters. The van der Waals surface area contributed by atoms with Gasteiger partial charge in [-0.3, -0.25) is 4.79 Å². The number of Topliss-reactive ketones (excluding diaryl/α,β-unsaturated/α-hetero) is 1. The lowest BCUT2D eigenvalue weighted by molar-refractivity contribution is 0.101. The summed E-state index contributed by atoms with van der Waals surface area (Å²) in [5.41, 5.74) is 1.14. The van der Waals surface area contributed by atoms with E-state index in [1.807, 2.05) is 0 Å². The van der Waals surface area contributed by atoms with Gasteiger partial charge in [-0.1, -0.05) is 18.5 Å². The normalized spacial score (nSPS) is 15.8. The van der Waals surface area contributed by atoms with Gasteiger partial charge in [0, 0.05) is 24.3 Å². The van der Waals surface area contributed by atoms with Crippen LogP contribution >= 0.6 is 11.6 Å². The topological polar surface area (TPSA) is 75.7 Å². The minimum absolute atomic E-state index is 0.0682. The Kier molecular flexibility index (Phi) is 6.82. The number of halogens is 1. The van der Waals surface area contributed by atoms with Crippen LogP contribution in [0, 0.1) is 5.92 Å². The van der Waals surface area contributed by atoms with Crippen molar-refractivity contribution >= 4 is 33.1 Å². The van der Waals surface area contributed by atoms with Crippen LogP contribution in [0.5, 0.6) is 5.75 Å². The summed E-state index contributed by atoms with van der Waals surface area (Å²) < 4.78 is 32.2. The van der Waals surface area contributed by atoms with Crippen LogP contribution < -0.4 is 10.1 Å². The van der Waals surface area contributed by atoms with Crippen molar-refractivity contribution in [3.8, 4) is 5.75 Å². The summed E-state index contributed by atoms with van der Waals surface area (Å²) in [6.45, 7) is 3.33. The second kappa shape index (κ2) is 9.15. The number of ketones is 1. The first-order chi connectivity index (χ1) is 13.8. The highest BCUT2D eigenvalue weighted by Crippen LogP contribution is 2.26. The summed E-state index contributed by atoms with van der Waals surface area (Å²) in [5.74, 6) is 0.941. The molecule has 2 aromatic carbocycles. The molecular weight excluding hydrogens is 412 g/mol. The zero-order valence-corrected chi connectivity index (χ0v) is 18.1. The second-order valence-corrected chi connectivity index (χ2v) is 9.58. The number of sulfonamides is 1. The van der Waals surface area contributed by atoms with Gasteiger partial charge in [0.1, 0.15) is 5.75 Å². The Bertz CT molecular complexity index is 969. The van der Waals surface area contributed by atoms with E-state index in [1.165, 1.54) is 7.11 Å². The molecule has 156 valence electrons. The third-order valence-electron chi connectivity index (χ3n) is 5.16. The van der Waals surface area contributed by atoms with Crippen LogP contribution in [0.3, 0.4) is 0 Å². The molecule has 0 amide bonds. The molecule has 0 spiro atoms. The zero-order chi connectivity index (χ0) is 21.0. The van der Waals surface area contributed by atoms with E-state index in [0.29, 0.717) is 41.0 Å². The van der Waals surface area contributed by atoms with Crippen LogP contribution in [-0.4, -0.2) is 45.3 Å². The minimum Gasteiger partial charge on any atom is -0.495 e. The van der Waals surface area contributed by atoms with Crippen molar-refractivity contribution in [2.75, 3.05) is 32.1 Å². The van der Waals surface area contributed by atoms with Gasteiger partial charge in [0.25, 0.3) is 0 Å². The van der Waals surface area contributed by atoms with Gasteiger partial charge in [0.15, 0.2) is 5.78 Å². The highest BCUT2D eigenvalue weighted by atomic mass is 35.5. The maximum Gasteiger partial charge on any atom is 0.243 e. The number of carbonyl (C=O) groups excluding carboxylic acids is 1. The molecule has 8 heteroatoms. The van der Waals surface area contributed by atoms with E-state index in [9.17, 15) is 13.2 Å². The summed E-state index contributed by atoms with van der Waals surface area (Å²) in [5, 5.41) is 3.40. The highest BCUT2D eigenvalue weighted by Gasteiger charge is 2.27. The number of carbonyl (C=O) groups is 1. The Morgan fingerprint density at radius 1 is 1.17 bits per heavy atom. The van der Waals surface area contributed by atoms with Gasteiger partial charge in [-0.25, -0.2) is 8.42 Å². The molecule has 2 aromatic rings. The Balaban J connectivity index is 1.62. The second-order valence-electron chi connectivity index (χ2n) is 7.24. The van der Waals surface area contributed by atoms with Crippen molar-refractivity contribution in [1.82, 2.24) is 4.31 Å². The summed E-state index contributed by atoms with van der Waals surface area (Å²) in [6, 6.07) is 11.4. The van der Waals surface area contributed by atoms with Gasteiger partial charge in [-0.15, -0.1) is 0 Å². The predicted molar refractivity (Wildman–Crippen MR) is 114 cm³/mol. The smallest absolute Gasteiger partial charge is 0.243 e. The van der Waals surface area contributed by atoms with E-state index in [-0.39, 0.29) is 17.2 Å². The average molecular weight is 437 g/mol. The Morgan fingerprint density at radius 3 is 2.41 bits per heavy atom. The molecule has 6 nitrogen and oxygen atoms in total. The lowest BCUT2D eigenvalue weighted by Crippen LogP contribution is -2.37. The van der Waals surface area contributed by atoms with Crippen molar-refractivity contribution in [2.45, 2.75) is 24.7 Å². The molecule has 1 N–H and O–H groups in total. The standard InChI is InChI=1S/C21H25ClN2O4S/c1-15-9-11-24(12-10-15)29(26,27)18-6-4-17(5-7-18)23-14-20(25)16-3-8-21(28-2)19(22)13-16/h3-8,13,15,23H,9-12,14H2,1-2H3. The van der Waals surface area contributed by atoms with Gasteiger partial charge in [0.2, 0.25) is 10.0 Å². The van der Waals surface area contributed by atoms with E-state index in [2.05, 4.69) is 12.2 Å². The Hall–Kier alpha value is -2.09. The minimum atomic E-state index is -3.48. The molecular formula is C21H25ClN2O4S. The summed E-state index contributed by atoms with van der Waals surface area (Å²) >= 11 is 6.06. The van der Waals surface area contributed by atoms with Crippen molar-refractivity contribution in [1.29, 1.82) is 0 Å². The van der Waals surface area contributed by atoms with Crippen molar-refractivity contribution in [3.05, 3.63) is 53.1 Å². The van der Waals surface area contributed by atoms with Crippen LogP contribution in [0.15, 0.2) is 47.4 Å². The first kappa shape index (κ1) is 21.6. The molecule has 0 saturated carbocycles. The maximum absolute atomic E-state index is 12.8. The highest BCUT2D eigenvalue weighted by molar-refractivity contribution is 7.89. The lowest BCUT2D eigenvalue weighted by atomic mass is 10.0. The number of rotatable bonds is 7. The first-order valence-corrected chi connectivity index (χ1v) is 11.3. The van der Waals surface area contributed by atoms with E-state index in [0.717, 1.165) is 12.8 Å². The Labute approximate surface area is 176 Å². The largest absolute Gasteiger partial charge is 0.495 e. The molecule has 1 fully saturated rings. The number of methoxy groups -OCH3 is 1. The number of piperidine rings is 1. The van der Waals surface area contributed by atoms with Gasteiger partial charge >= 0.3 is 0 Å². The molecule has 1 aliphatic rings. The molecule has 3 rings (SSSR count). The Morgan fingerprint density at radius 2 is 1.83 bits per heavy atom. The summed E-state index contributed by atoms with van der Waals surface area (Å²) in [7, 11) is -1.96. The van der Waals surface area contributed by atoms with Crippen molar-refractivity contribution in [2.24, 2.45) is 5.92 Å². The molecule has 29 heavy (non-hydrogen) atoms. The third-order valence-corrected chi connectivity index (χ3v) is 7.37. The van der Waals surface area contributed by atoms with E-state index in [4.69, 9.17) is 16.3 Å². The molecule has 0 aliphatic carbocycles. The zero-order valence-electron chi connectivity index (χ0n) is 16.5. The van der Waals surface area contributed by atoms with Crippen molar-refractivity contribution in [3.63, 3.8) is 0 Å². The predicted octanol–water partition coefficient (Wildman–Crippen LogP) is 4.06. The van der Waals surface area contributed by atoms with Gasteiger partial charge in [-0.05, 0) is 61.2 Å². The molecule has 0 aromatic heterocycles. The lowest BCUT2D eigenvalue weighted by Gasteiger charge is -2.29. The molecule has 0 atom stereocenters. The number of benzene rings is 2. The number of hydrogen-bond donors (Lipinski definition) is 1. The van der Waals surface area contributed by atoms with E-state index >= 15 is 0 Å². The quantitative estimate of drug-likeness (QED) is 0.662. The molecule has 1 aliphatic heterocycles.